The molecule has 27 heavy (non-hydrogen) atoms. The smallest absolute Gasteiger partial charge is 0.206 e. The fraction of sp³-hybridized carbons (Fsp3) is 0.316. The molecule has 0 aliphatic carbocycles. The number of anilines is 1. The number of carbonyl (C=O) groups is 1. The van der Waals surface area contributed by atoms with Crippen LogP contribution in [0.15, 0.2) is 40.6 Å². The van der Waals surface area contributed by atoms with Gasteiger partial charge in [0.1, 0.15) is 0 Å². The molecular formula is C19H22N4OS3. The van der Waals surface area contributed by atoms with E-state index in [4.69, 9.17) is 0 Å². The molecule has 5 nitrogen and oxygen atoms in total. The van der Waals surface area contributed by atoms with E-state index in [2.05, 4.69) is 51.1 Å². The van der Waals surface area contributed by atoms with Crippen molar-refractivity contribution in [3.63, 3.8) is 0 Å². The van der Waals surface area contributed by atoms with Crippen LogP contribution in [0.4, 0.5) is 5.13 Å². The zero-order valence-electron chi connectivity index (χ0n) is 15.4. The SMILES string of the molecule is C=CCNc1nnc(SCC(=O)c2cc(C)n(CCc3cccs3)c2C)s1. The van der Waals surface area contributed by atoms with Crippen molar-refractivity contribution in [1.29, 1.82) is 0 Å². The minimum absolute atomic E-state index is 0.131. The van der Waals surface area contributed by atoms with E-state index in [-0.39, 0.29) is 5.78 Å². The maximum atomic E-state index is 12.7. The number of carbonyl (C=O) groups excluding carboxylic acids is 1. The zero-order chi connectivity index (χ0) is 19.2. The van der Waals surface area contributed by atoms with E-state index in [1.807, 2.05) is 13.0 Å². The number of thiophene rings is 1. The van der Waals surface area contributed by atoms with Crippen LogP contribution in [0.25, 0.3) is 0 Å². The van der Waals surface area contributed by atoms with Crippen molar-refractivity contribution in [2.24, 2.45) is 0 Å². The number of thioether (sulfide) groups is 1. The Morgan fingerprint density at radius 3 is 3.00 bits per heavy atom. The van der Waals surface area contributed by atoms with Gasteiger partial charge in [-0.3, -0.25) is 4.79 Å². The van der Waals surface area contributed by atoms with E-state index >= 15 is 0 Å². The number of nitrogens with one attached hydrogen (secondary N) is 1. The molecular weight excluding hydrogens is 396 g/mol. The highest BCUT2D eigenvalue weighted by molar-refractivity contribution is 8.01. The molecule has 1 N–H and O–H groups in total. The van der Waals surface area contributed by atoms with Crippen LogP contribution in [0.3, 0.4) is 0 Å². The van der Waals surface area contributed by atoms with Gasteiger partial charge in [0.25, 0.3) is 0 Å². The highest BCUT2D eigenvalue weighted by Gasteiger charge is 2.17. The molecule has 0 bridgehead atoms. The average Bonchev–Trinajstić information content (AvgIpc) is 3.38. The van der Waals surface area contributed by atoms with Crippen LogP contribution in [0, 0.1) is 13.8 Å². The molecule has 3 heterocycles. The Bertz CT molecular complexity index is 912. The van der Waals surface area contributed by atoms with Crippen LogP contribution in [0.1, 0.15) is 26.6 Å². The van der Waals surface area contributed by atoms with E-state index < -0.39 is 0 Å². The maximum Gasteiger partial charge on any atom is 0.206 e. The monoisotopic (exact) mass is 418 g/mol. The fourth-order valence-electron chi connectivity index (χ4n) is 2.81. The third-order valence-corrected chi connectivity index (χ3v) is 7.12. The van der Waals surface area contributed by atoms with Crippen LogP contribution < -0.4 is 5.32 Å². The standard InChI is InChI=1S/C19H22N4OS3/c1-4-8-20-18-21-22-19(27-18)26-12-17(24)16-11-13(2)23(14(16)3)9-7-15-6-5-10-25-15/h4-6,10-11H,1,7-9,12H2,2-3H3,(H,20,21). The van der Waals surface area contributed by atoms with E-state index in [9.17, 15) is 4.79 Å². The van der Waals surface area contributed by atoms with Gasteiger partial charge in [0.2, 0.25) is 5.13 Å². The summed E-state index contributed by atoms with van der Waals surface area (Å²) < 4.78 is 3.03. The summed E-state index contributed by atoms with van der Waals surface area (Å²) in [6, 6.07) is 6.24. The summed E-state index contributed by atoms with van der Waals surface area (Å²) in [5.41, 5.74) is 2.98. The van der Waals surface area contributed by atoms with Gasteiger partial charge in [-0.05, 0) is 37.8 Å². The Morgan fingerprint density at radius 1 is 1.41 bits per heavy atom. The van der Waals surface area contributed by atoms with Crippen molar-refractivity contribution >= 4 is 45.4 Å². The van der Waals surface area contributed by atoms with Crippen LogP contribution in [0.2, 0.25) is 0 Å². The first-order chi connectivity index (χ1) is 13.1. The molecule has 3 aromatic rings. The van der Waals surface area contributed by atoms with E-state index in [1.165, 1.54) is 28.0 Å². The molecule has 3 aromatic heterocycles. The summed E-state index contributed by atoms with van der Waals surface area (Å²) in [6.07, 6.45) is 2.76. The van der Waals surface area contributed by atoms with Gasteiger partial charge in [0, 0.05) is 34.9 Å². The maximum absolute atomic E-state index is 12.7. The van der Waals surface area contributed by atoms with Crippen LogP contribution in [-0.4, -0.2) is 32.8 Å². The Labute approximate surface area is 171 Å². The molecule has 3 rings (SSSR count). The second-order valence-corrected chi connectivity index (χ2v) is 9.25. The third kappa shape index (κ3) is 5.09. The summed E-state index contributed by atoms with van der Waals surface area (Å²) in [7, 11) is 0. The highest BCUT2D eigenvalue weighted by Crippen LogP contribution is 2.27. The summed E-state index contributed by atoms with van der Waals surface area (Å²) in [4.78, 5) is 14.1. The summed E-state index contributed by atoms with van der Waals surface area (Å²) in [5, 5.41) is 14.1. The van der Waals surface area contributed by atoms with Crippen LogP contribution in [-0.2, 0) is 13.0 Å². The third-order valence-electron chi connectivity index (χ3n) is 4.17. The molecule has 0 amide bonds. The lowest BCUT2D eigenvalue weighted by Crippen LogP contribution is -2.08. The summed E-state index contributed by atoms with van der Waals surface area (Å²) in [6.45, 7) is 9.30. The number of aromatic nitrogens is 3. The molecule has 0 atom stereocenters. The van der Waals surface area contributed by atoms with E-state index in [0.717, 1.165) is 39.4 Å². The quantitative estimate of drug-likeness (QED) is 0.290. The Balaban J connectivity index is 1.60. The normalized spacial score (nSPS) is 10.9. The average molecular weight is 419 g/mol. The molecule has 0 spiro atoms. The van der Waals surface area contributed by atoms with Gasteiger partial charge in [0.15, 0.2) is 10.1 Å². The number of Topliss-reactive ketones (excluding diaryl/α,β-unsaturated/α-hetero) is 1. The Kier molecular flexibility index (Phi) is 6.87. The predicted molar refractivity (Wildman–Crippen MR) is 116 cm³/mol. The largest absolute Gasteiger partial charge is 0.357 e. The number of nitrogens with zero attached hydrogens (tertiary/aromatic N) is 3. The van der Waals surface area contributed by atoms with Gasteiger partial charge in [-0.15, -0.1) is 28.1 Å². The van der Waals surface area contributed by atoms with Gasteiger partial charge in [-0.1, -0.05) is 35.2 Å². The first-order valence-electron chi connectivity index (χ1n) is 8.62. The highest BCUT2D eigenvalue weighted by atomic mass is 32.2. The molecule has 0 aromatic carbocycles. The fourth-order valence-corrected chi connectivity index (χ4v) is 5.15. The predicted octanol–water partition coefficient (Wildman–Crippen LogP) is 4.83. The van der Waals surface area contributed by atoms with Crippen molar-refractivity contribution in [1.82, 2.24) is 14.8 Å². The van der Waals surface area contributed by atoms with Gasteiger partial charge < -0.3 is 9.88 Å². The zero-order valence-corrected chi connectivity index (χ0v) is 17.8. The number of aryl methyl sites for hydroxylation is 2. The molecule has 0 aliphatic rings. The Hall–Kier alpha value is -1.90. The molecule has 0 aliphatic heterocycles. The van der Waals surface area contributed by atoms with Crippen molar-refractivity contribution in [3.8, 4) is 0 Å². The minimum Gasteiger partial charge on any atom is -0.357 e. The second kappa shape index (κ2) is 9.34. The lowest BCUT2D eigenvalue weighted by atomic mass is 10.2. The van der Waals surface area contributed by atoms with Gasteiger partial charge in [0.05, 0.1) is 5.75 Å². The topological polar surface area (TPSA) is 59.8 Å². The van der Waals surface area contributed by atoms with Crippen LogP contribution in [0.5, 0.6) is 0 Å². The van der Waals surface area contributed by atoms with Crippen LogP contribution >= 0.6 is 34.4 Å². The molecule has 0 saturated carbocycles. The molecule has 0 radical (unpaired) electrons. The van der Waals surface area contributed by atoms with Crippen molar-refractivity contribution in [2.75, 3.05) is 17.6 Å². The van der Waals surface area contributed by atoms with Gasteiger partial charge in [-0.2, -0.15) is 0 Å². The van der Waals surface area contributed by atoms with Crippen molar-refractivity contribution in [3.05, 3.63) is 58.1 Å². The number of hydrogen-bond acceptors (Lipinski definition) is 7. The lowest BCUT2D eigenvalue weighted by Gasteiger charge is -2.09. The summed E-state index contributed by atoms with van der Waals surface area (Å²) >= 11 is 4.66. The molecule has 0 saturated heterocycles. The van der Waals surface area contributed by atoms with E-state index in [1.54, 1.807) is 17.4 Å². The number of ketones is 1. The Morgan fingerprint density at radius 2 is 2.26 bits per heavy atom. The second-order valence-electron chi connectivity index (χ2n) is 6.02. The number of rotatable bonds is 10. The molecule has 142 valence electrons. The minimum atomic E-state index is 0.131. The molecule has 0 unspecified atom stereocenters. The molecule has 8 heteroatoms. The van der Waals surface area contributed by atoms with Crippen molar-refractivity contribution in [2.45, 2.75) is 31.2 Å². The lowest BCUT2D eigenvalue weighted by molar-refractivity contribution is 0.102. The number of hydrogen-bond donors (Lipinski definition) is 1. The van der Waals surface area contributed by atoms with Crippen molar-refractivity contribution < 1.29 is 4.79 Å². The van der Waals surface area contributed by atoms with Gasteiger partial charge in [-0.25, -0.2) is 0 Å². The first kappa shape index (κ1) is 19.9. The van der Waals surface area contributed by atoms with E-state index in [0.29, 0.717) is 12.3 Å². The summed E-state index contributed by atoms with van der Waals surface area (Å²) in [5.74, 6) is 0.497. The molecule has 0 fully saturated rings. The van der Waals surface area contributed by atoms with Gasteiger partial charge >= 0.3 is 0 Å². The first-order valence-corrected chi connectivity index (χ1v) is 11.3.